The highest BCUT2D eigenvalue weighted by Crippen LogP contribution is 2.45. The molecule has 0 amide bonds. The van der Waals surface area contributed by atoms with E-state index in [1.165, 1.54) is 31.4 Å². The summed E-state index contributed by atoms with van der Waals surface area (Å²) in [4.78, 5) is 12.1. The highest BCUT2D eigenvalue weighted by molar-refractivity contribution is 6.66. The average molecular weight is 301 g/mol. The molecule has 0 fully saturated rings. The molecular formula is C17H36O2Si. The fourth-order valence-corrected chi connectivity index (χ4v) is 8.08. The highest BCUT2D eigenvalue weighted by Gasteiger charge is 2.44. The number of unbranched alkanes of at least 4 members (excludes halogenated alkanes) is 3. The van der Waals surface area contributed by atoms with Crippen LogP contribution in [0.2, 0.25) is 17.1 Å². The lowest BCUT2D eigenvalue weighted by Crippen LogP contribution is -2.39. The number of aliphatic carboxylic acids is 1. The summed E-state index contributed by atoms with van der Waals surface area (Å²) >= 11 is 0. The first-order chi connectivity index (χ1) is 9.58. The van der Waals surface area contributed by atoms with E-state index in [1.807, 2.05) is 0 Å². The molecule has 2 nitrogen and oxygen atoms in total. The Morgan fingerprint density at radius 3 is 1.85 bits per heavy atom. The van der Waals surface area contributed by atoms with Gasteiger partial charge in [0.15, 0.2) is 0 Å². The van der Waals surface area contributed by atoms with Crippen LogP contribution in [0.15, 0.2) is 0 Å². The Morgan fingerprint density at radius 2 is 1.45 bits per heavy atom. The first-order valence-corrected chi connectivity index (χ1v) is 11.0. The molecule has 1 N–H and O–H groups in total. The van der Waals surface area contributed by atoms with Gasteiger partial charge in [0.25, 0.3) is 0 Å². The molecular weight excluding hydrogens is 264 g/mol. The van der Waals surface area contributed by atoms with Crippen LogP contribution in [-0.4, -0.2) is 19.9 Å². The fraction of sp³-hybridized carbons (Fsp3) is 0.941. The molecule has 0 heterocycles. The van der Waals surface area contributed by atoms with E-state index in [0.717, 1.165) is 38.5 Å². The van der Waals surface area contributed by atoms with Crippen molar-refractivity contribution in [2.45, 2.75) is 103 Å². The number of hydrogen-bond acceptors (Lipinski definition) is 1. The van der Waals surface area contributed by atoms with Crippen molar-refractivity contribution < 1.29 is 9.90 Å². The first kappa shape index (κ1) is 19.7. The van der Waals surface area contributed by atoms with Crippen molar-refractivity contribution in [1.82, 2.24) is 0 Å². The largest absolute Gasteiger partial charge is 0.481 e. The van der Waals surface area contributed by atoms with Gasteiger partial charge in [0.2, 0.25) is 0 Å². The summed E-state index contributed by atoms with van der Waals surface area (Å²) in [5, 5.41) is 9.64. The van der Waals surface area contributed by atoms with Gasteiger partial charge in [0.05, 0.1) is 13.8 Å². The van der Waals surface area contributed by atoms with E-state index in [4.69, 9.17) is 0 Å². The third-order valence-electron chi connectivity index (χ3n) is 4.65. The van der Waals surface area contributed by atoms with E-state index in [0.29, 0.717) is 0 Å². The Morgan fingerprint density at radius 1 is 0.850 bits per heavy atom. The number of carbonyl (C=O) groups is 1. The van der Waals surface area contributed by atoms with Gasteiger partial charge in [-0.15, -0.1) is 0 Å². The zero-order valence-electron chi connectivity index (χ0n) is 14.2. The Kier molecular flexibility index (Phi) is 11.2. The summed E-state index contributed by atoms with van der Waals surface area (Å²) < 4.78 is 0. The van der Waals surface area contributed by atoms with E-state index >= 15 is 0 Å². The van der Waals surface area contributed by atoms with Crippen LogP contribution in [0.5, 0.6) is 0 Å². The van der Waals surface area contributed by atoms with Crippen LogP contribution in [0, 0.1) is 0 Å². The monoisotopic (exact) mass is 300 g/mol. The van der Waals surface area contributed by atoms with Crippen LogP contribution >= 0.6 is 0 Å². The van der Waals surface area contributed by atoms with Crippen LogP contribution in [0.4, 0.5) is 0 Å². The Bertz CT molecular complexity index is 249. The molecule has 0 aromatic heterocycles. The van der Waals surface area contributed by atoms with Gasteiger partial charge >= 0.3 is 5.97 Å². The Hall–Kier alpha value is -0.313. The Balaban J connectivity index is 4.99. The first-order valence-electron chi connectivity index (χ1n) is 8.82. The Labute approximate surface area is 128 Å². The van der Waals surface area contributed by atoms with Crippen LogP contribution < -0.4 is 0 Å². The molecule has 120 valence electrons. The van der Waals surface area contributed by atoms with Gasteiger partial charge in [-0.05, 0) is 12.8 Å². The van der Waals surface area contributed by atoms with Crippen molar-refractivity contribution >= 4 is 14.8 Å². The number of carboxylic acid groups (broad SMARTS) is 1. The topological polar surface area (TPSA) is 37.3 Å². The lowest BCUT2D eigenvalue weighted by molar-refractivity contribution is -0.141. The molecule has 0 rings (SSSR count). The average Bonchev–Trinajstić information content (AvgIpc) is 2.42. The minimum absolute atomic E-state index is 0.325. The van der Waals surface area contributed by atoms with Gasteiger partial charge in [0, 0.05) is 0 Å². The van der Waals surface area contributed by atoms with Crippen LogP contribution in [-0.2, 0) is 4.79 Å². The van der Waals surface area contributed by atoms with Gasteiger partial charge in [-0.25, -0.2) is 0 Å². The smallest absolute Gasteiger partial charge is 0.306 e. The van der Waals surface area contributed by atoms with E-state index in [2.05, 4.69) is 27.7 Å². The molecule has 0 bridgehead atoms. The second kappa shape index (κ2) is 11.4. The molecule has 0 aromatic rings. The molecule has 1 atom stereocenters. The third-order valence-corrected chi connectivity index (χ3v) is 9.59. The molecule has 0 radical (unpaired) electrons. The second-order valence-corrected chi connectivity index (χ2v) is 9.95. The summed E-state index contributed by atoms with van der Waals surface area (Å²) in [5.41, 5.74) is 0. The van der Waals surface area contributed by atoms with Crippen LogP contribution in [0.3, 0.4) is 0 Å². The molecule has 0 aliphatic heterocycles. The summed E-state index contributed by atoms with van der Waals surface area (Å²) in [6.45, 7) is 8.78. The zero-order chi connectivity index (χ0) is 15.4. The van der Waals surface area contributed by atoms with E-state index in [1.54, 1.807) is 0 Å². The van der Waals surface area contributed by atoms with Gasteiger partial charge in [-0.1, -0.05) is 84.7 Å². The van der Waals surface area contributed by atoms with E-state index < -0.39 is 14.8 Å². The minimum Gasteiger partial charge on any atom is -0.481 e. The molecule has 0 saturated heterocycles. The van der Waals surface area contributed by atoms with Crippen molar-refractivity contribution in [2.24, 2.45) is 0 Å². The predicted octanol–water partition coefficient (Wildman–Crippen LogP) is 5.63. The third kappa shape index (κ3) is 5.98. The maximum Gasteiger partial charge on any atom is 0.306 e. The standard InChI is InChI=1S/C17H36O2Si/c1-5-9-10-11-13-17(12-6-2,16(18)19)20(14-7-3)15-8-4/h20H,5-15H2,1-4H3,(H,18,19). The molecule has 0 aliphatic rings. The predicted molar refractivity (Wildman–Crippen MR) is 91.3 cm³/mol. The zero-order valence-corrected chi connectivity index (χ0v) is 15.4. The van der Waals surface area contributed by atoms with Gasteiger partial charge in [-0.2, -0.15) is 0 Å². The normalized spacial score (nSPS) is 14.4. The quantitative estimate of drug-likeness (QED) is 0.353. The molecule has 0 spiro atoms. The van der Waals surface area contributed by atoms with E-state index in [9.17, 15) is 9.90 Å². The minimum atomic E-state index is -1.21. The van der Waals surface area contributed by atoms with Crippen molar-refractivity contribution in [3.05, 3.63) is 0 Å². The molecule has 1 unspecified atom stereocenters. The molecule has 0 aliphatic carbocycles. The number of rotatable bonds is 13. The molecule has 0 saturated carbocycles. The number of carboxylic acids is 1. The lowest BCUT2D eigenvalue weighted by atomic mass is 9.95. The highest BCUT2D eigenvalue weighted by atomic mass is 28.3. The second-order valence-electron chi connectivity index (χ2n) is 6.30. The maximum absolute atomic E-state index is 12.1. The van der Waals surface area contributed by atoms with Crippen molar-refractivity contribution in [3.63, 3.8) is 0 Å². The molecule has 3 heteroatoms. The fourth-order valence-electron chi connectivity index (χ4n) is 3.63. The summed E-state index contributed by atoms with van der Waals surface area (Å²) in [6, 6.07) is 2.40. The van der Waals surface area contributed by atoms with Gasteiger partial charge in [0.1, 0.15) is 0 Å². The SMILES string of the molecule is CCCCCCC(CCC)(C(=O)O)[SiH](CCC)CCC. The van der Waals surface area contributed by atoms with Gasteiger partial charge < -0.3 is 5.11 Å². The van der Waals surface area contributed by atoms with Gasteiger partial charge in [-0.3, -0.25) is 4.79 Å². The summed E-state index contributed by atoms with van der Waals surface area (Å²) in [7, 11) is -1.21. The number of hydrogen-bond donors (Lipinski definition) is 1. The van der Waals surface area contributed by atoms with Crippen LogP contribution in [0.1, 0.15) is 85.5 Å². The van der Waals surface area contributed by atoms with Crippen LogP contribution in [0.25, 0.3) is 0 Å². The van der Waals surface area contributed by atoms with Crippen molar-refractivity contribution in [3.8, 4) is 0 Å². The van der Waals surface area contributed by atoms with E-state index in [-0.39, 0.29) is 5.04 Å². The summed E-state index contributed by atoms with van der Waals surface area (Å²) in [5.74, 6) is -0.477. The molecule has 20 heavy (non-hydrogen) atoms. The maximum atomic E-state index is 12.1. The van der Waals surface area contributed by atoms with Crippen molar-refractivity contribution in [2.75, 3.05) is 0 Å². The molecule has 0 aromatic carbocycles. The summed E-state index contributed by atoms with van der Waals surface area (Å²) in [6.07, 6.45) is 9.95. The van der Waals surface area contributed by atoms with Crippen molar-refractivity contribution in [1.29, 1.82) is 0 Å². The lowest BCUT2D eigenvalue weighted by Gasteiger charge is -2.37.